The summed E-state index contributed by atoms with van der Waals surface area (Å²) >= 11 is 0. The molecule has 100 valence electrons. The quantitative estimate of drug-likeness (QED) is 0.494. The Morgan fingerprint density at radius 1 is 0.889 bits per heavy atom. The molecule has 0 aromatic rings. The van der Waals surface area contributed by atoms with Crippen molar-refractivity contribution in [2.24, 2.45) is 0 Å². The second kappa shape index (κ2) is 13.7. The molecule has 0 spiro atoms. The Labute approximate surface area is 111 Å². The second-order valence-electron chi connectivity index (χ2n) is 4.37. The first-order chi connectivity index (χ1) is 8.77. The van der Waals surface area contributed by atoms with Crippen molar-refractivity contribution in [3.8, 4) is 23.7 Å². The van der Waals surface area contributed by atoms with Crippen molar-refractivity contribution in [2.45, 2.75) is 71.1 Å². The predicted octanol–water partition coefficient (Wildman–Crippen LogP) is 4.00. The van der Waals surface area contributed by atoms with Crippen LogP contribution in [0, 0.1) is 23.7 Å². The fourth-order valence-electron chi connectivity index (χ4n) is 1.52. The first-order valence-corrected chi connectivity index (χ1v) is 6.95. The maximum Gasteiger partial charge on any atom is 0.303 e. The van der Waals surface area contributed by atoms with E-state index in [-0.39, 0.29) is 6.42 Å². The second-order valence-corrected chi connectivity index (χ2v) is 4.37. The molecule has 0 heterocycles. The molecule has 0 aromatic heterocycles. The van der Waals surface area contributed by atoms with Gasteiger partial charge in [0.05, 0.1) is 0 Å². The van der Waals surface area contributed by atoms with Gasteiger partial charge in [-0.1, -0.05) is 44.4 Å². The van der Waals surface area contributed by atoms with Crippen molar-refractivity contribution in [2.75, 3.05) is 0 Å². The Balaban J connectivity index is 3.33. The van der Waals surface area contributed by atoms with Crippen molar-refractivity contribution in [1.82, 2.24) is 0 Å². The topological polar surface area (TPSA) is 37.3 Å². The van der Waals surface area contributed by atoms with Gasteiger partial charge in [-0.3, -0.25) is 4.79 Å². The molecule has 0 unspecified atom stereocenters. The number of aliphatic carboxylic acids is 1. The van der Waals surface area contributed by atoms with Crippen molar-refractivity contribution < 1.29 is 9.90 Å². The van der Waals surface area contributed by atoms with E-state index in [1.807, 2.05) is 0 Å². The van der Waals surface area contributed by atoms with Crippen LogP contribution in [0.15, 0.2) is 0 Å². The molecule has 2 nitrogen and oxygen atoms in total. The maximum atomic E-state index is 10.2. The molecule has 0 aliphatic heterocycles. The summed E-state index contributed by atoms with van der Waals surface area (Å²) in [5.74, 6) is 10.9. The molecule has 0 fully saturated rings. The average molecular weight is 248 g/mol. The Morgan fingerprint density at radius 2 is 1.44 bits per heavy atom. The van der Waals surface area contributed by atoms with E-state index in [2.05, 4.69) is 30.6 Å². The summed E-state index contributed by atoms with van der Waals surface area (Å²) in [6.45, 7) is 2.21. The van der Waals surface area contributed by atoms with E-state index in [0.29, 0.717) is 6.42 Å². The summed E-state index contributed by atoms with van der Waals surface area (Å²) in [6.07, 6.45) is 9.84. The van der Waals surface area contributed by atoms with Gasteiger partial charge in [0.15, 0.2) is 0 Å². The van der Waals surface area contributed by atoms with Gasteiger partial charge in [-0.05, 0) is 31.1 Å². The number of rotatable bonds is 9. The molecule has 0 atom stereocenters. The Bertz CT molecular complexity index is 322. The summed E-state index contributed by atoms with van der Waals surface area (Å²) in [6, 6.07) is 0. The van der Waals surface area contributed by atoms with Crippen LogP contribution in [0.1, 0.15) is 71.1 Å². The third-order valence-electron chi connectivity index (χ3n) is 2.59. The van der Waals surface area contributed by atoms with Gasteiger partial charge in [-0.15, -0.1) is 0 Å². The zero-order chi connectivity index (χ0) is 13.5. The molecule has 0 rings (SSSR count). The lowest BCUT2D eigenvalue weighted by atomic mass is 10.1. The van der Waals surface area contributed by atoms with Crippen molar-refractivity contribution in [3.05, 3.63) is 0 Å². The minimum atomic E-state index is -0.731. The van der Waals surface area contributed by atoms with Crippen LogP contribution < -0.4 is 0 Å². The normalized spacial score (nSPS) is 8.94. The molecule has 0 radical (unpaired) electrons. The highest BCUT2D eigenvalue weighted by atomic mass is 16.4. The van der Waals surface area contributed by atoms with E-state index in [9.17, 15) is 4.79 Å². The van der Waals surface area contributed by atoms with Crippen LogP contribution in [0.4, 0.5) is 0 Å². The van der Waals surface area contributed by atoms with Crippen molar-refractivity contribution in [3.63, 3.8) is 0 Å². The SMILES string of the molecule is CCCCCCCC#CC#CCCCCC(=O)O. The summed E-state index contributed by atoms with van der Waals surface area (Å²) < 4.78 is 0. The lowest BCUT2D eigenvalue weighted by Gasteiger charge is -1.93. The largest absolute Gasteiger partial charge is 0.481 e. The van der Waals surface area contributed by atoms with E-state index in [0.717, 1.165) is 19.3 Å². The molecular weight excluding hydrogens is 224 g/mol. The fourth-order valence-corrected chi connectivity index (χ4v) is 1.52. The van der Waals surface area contributed by atoms with E-state index in [1.165, 1.54) is 32.1 Å². The van der Waals surface area contributed by atoms with Gasteiger partial charge in [0.1, 0.15) is 0 Å². The molecule has 0 aliphatic carbocycles. The lowest BCUT2D eigenvalue weighted by molar-refractivity contribution is -0.137. The van der Waals surface area contributed by atoms with E-state index < -0.39 is 5.97 Å². The van der Waals surface area contributed by atoms with Crippen LogP contribution in [0.2, 0.25) is 0 Å². The number of hydrogen-bond acceptors (Lipinski definition) is 1. The van der Waals surface area contributed by atoms with Crippen LogP contribution in [0.5, 0.6) is 0 Å². The number of unbranched alkanes of at least 4 members (excludes halogenated alkanes) is 7. The fraction of sp³-hybridized carbons (Fsp3) is 0.688. The van der Waals surface area contributed by atoms with Gasteiger partial charge in [0, 0.05) is 19.3 Å². The molecule has 0 aliphatic rings. The summed E-state index contributed by atoms with van der Waals surface area (Å²) in [5, 5.41) is 8.43. The molecular formula is C16H24O2. The van der Waals surface area contributed by atoms with E-state index >= 15 is 0 Å². The monoisotopic (exact) mass is 248 g/mol. The van der Waals surface area contributed by atoms with Gasteiger partial charge < -0.3 is 5.11 Å². The van der Waals surface area contributed by atoms with Crippen molar-refractivity contribution >= 4 is 5.97 Å². The number of carboxylic acid groups (broad SMARTS) is 1. The molecule has 0 bridgehead atoms. The molecule has 1 N–H and O–H groups in total. The molecule has 0 saturated heterocycles. The minimum absolute atomic E-state index is 0.241. The molecule has 0 amide bonds. The minimum Gasteiger partial charge on any atom is -0.481 e. The highest BCUT2D eigenvalue weighted by Gasteiger charge is 1.93. The zero-order valence-electron chi connectivity index (χ0n) is 11.4. The molecule has 0 aromatic carbocycles. The van der Waals surface area contributed by atoms with Crippen LogP contribution in [-0.2, 0) is 4.79 Å². The van der Waals surface area contributed by atoms with Crippen LogP contribution in [-0.4, -0.2) is 11.1 Å². The number of hydrogen-bond donors (Lipinski definition) is 1. The highest BCUT2D eigenvalue weighted by Crippen LogP contribution is 2.03. The highest BCUT2D eigenvalue weighted by molar-refractivity contribution is 5.66. The third-order valence-corrected chi connectivity index (χ3v) is 2.59. The van der Waals surface area contributed by atoms with Crippen molar-refractivity contribution in [1.29, 1.82) is 0 Å². The smallest absolute Gasteiger partial charge is 0.303 e. The van der Waals surface area contributed by atoms with Gasteiger partial charge in [-0.25, -0.2) is 0 Å². The Morgan fingerprint density at radius 3 is 2.00 bits per heavy atom. The first-order valence-electron chi connectivity index (χ1n) is 6.95. The van der Waals surface area contributed by atoms with Gasteiger partial charge >= 0.3 is 5.97 Å². The summed E-state index contributed by atoms with van der Waals surface area (Å²) in [7, 11) is 0. The third kappa shape index (κ3) is 14.6. The summed E-state index contributed by atoms with van der Waals surface area (Å²) in [5.41, 5.74) is 0. The van der Waals surface area contributed by atoms with E-state index in [4.69, 9.17) is 5.11 Å². The molecule has 0 saturated carbocycles. The Kier molecular flexibility index (Phi) is 12.6. The molecule has 18 heavy (non-hydrogen) atoms. The van der Waals surface area contributed by atoms with Crippen LogP contribution in [0.25, 0.3) is 0 Å². The van der Waals surface area contributed by atoms with Gasteiger partial charge in [0.2, 0.25) is 0 Å². The number of carbonyl (C=O) groups is 1. The average Bonchev–Trinajstić information content (AvgIpc) is 2.34. The summed E-state index contributed by atoms with van der Waals surface area (Å²) in [4.78, 5) is 10.2. The van der Waals surface area contributed by atoms with Crippen LogP contribution in [0.3, 0.4) is 0 Å². The number of carboxylic acids is 1. The maximum absolute atomic E-state index is 10.2. The van der Waals surface area contributed by atoms with Crippen LogP contribution >= 0.6 is 0 Å². The molecule has 2 heteroatoms. The Hall–Kier alpha value is -1.41. The van der Waals surface area contributed by atoms with Gasteiger partial charge in [0.25, 0.3) is 0 Å². The van der Waals surface area contributed by atoms with Gasteiger partial charge in [-0.2, -0.15) is 0 Å². The predicted molar refractivity (Wildman–Crippen MR) is 75.0 cm³/mol. The zero-order valence-corrected chi connectivity index (χ0v) is 11.4. The lowest BCUT2D eigenvalue weighted by Crippen LogP contribution is -1.92. The standard InChI is InChI=1S/C16H24O2/c1-2-3-4-5-6-7-8-9-10-11-12-13-14-15-16(17)18/h2-7,12-15H2,1H3,(H,17,18). The van der Waals surface area contributed by atoms with E-state index in [1.54, 1.807) is 0 Å². The first kappa shape index (κ1) is 16.6.